The van der Waals surface area contributed by atoms with Crippen molar-refractivity contribution in [3.63, 3.8) is 0 Å². The fraction of sp³-hybridized carbons (Fsp3) is 0.423. The number of thioether (sulfide) groups is 1. The van der Waals surface area contributed by atoms with E-state index in [0.717, 1.165) is 6.54 Å². The van der Waals surface area contributed by atoms with Crippen molar-refractivity contribution in [1.29, 1.82) is 0 Å². The van der Waals surface area contributed by atoms with Crippen LogP contribution in [0.1, 0.15) is 50.9 Å². The van der Waals surface area contributed by atoms with Crippen LogP contribution < -0.4 is 5.56 Å². The van der Waals surface area contributed by atoms with Crippen LogP contribution in [0.15, 0.2) is 58.5 Å². The van der Waals surface area contributed by atoms with Gasteiger partial charge in [-0.1, -0.05) is 23.9 Å². The van der Waals surface area contributed by atoms with Gasteiger partial charge in [0.05, 0.1) is 10.9 Å². The van der Waals surface area contributed by atoms with E-state index in [4.69, 9.17) is 4.98 Å². The third kappa shape index (κ3) is 6.51. The van der Waals surface area contributed by atoms with E-state index in [1.807, 2.05) is 24.3 Å². The largest absolute Gasteiger partial charge is 0.297 e. The van der Waals surface area contributed by atoms with Crippen LogP contribution in [-0.2, 0) is 6.54 Å². The number of hydrogen-bond donors (Lipinski definition) is 0. The molecule has 5 nitrogen and oxygen atoms in total. The molecule has 1 aromatic heterocycles. The molecule has 0 N–H and O–H groups in total. The highest BCUT2D eigenvalue weighted by Crippen LogP contribution is 2.20. The van der Waals surface area contributed by atoms with E-state index in [-0.39, 0.29) is 17.2 Å². The lowest BCUT2D eigenvalue weighted by molar-refractivity contribution is 0.0982. The monoisotopic (exact) mass is 469 g/mol. The van der Waals surface area contributed by atoms with Crippen molar-refractivity contribution in [2.45, 2.75) is 64.3 Å². The summed E-state index contributed by atoms with van der Waals surface area (Å²) in [5.74, 6) is 0.301. The Hall–Kier alpha value is -2.51. The third-order valence-corrected chi connectivity index (χ3v) is 6.74. The SMILES string of the molecule is CC(C)N(CCn1c(SCCCC(=O)c2ccc(F)cc2)nc2ccccc2c1=O)C(C)C. The first-order chi connectivity index (χ1) is 15.8. The number of aromatic nitrogens is 2. The van der Waals surface area contributed by atoms with Gasteiger partial charge in [-0.3, -0.25) is 19.1 Å². The molecule has 3 aromatic rings. The minimum atomic E-state index is -0.351. The molecule has 0 aliphatic rings. The van der Waals surface area contributed by atoms with Gasteiger partial charge in [0.2, 0.25) is 0 Å². The maximum absolute atomic E-state index is 13.3. The molecule has 0 radical (unpaired) electrons. The average molecular weight is 470 g/mol. The first kappa shape index (κ1) is 25.1. The molecule has 3 rings (SSSR count). The van der Waals surface area contributed by atoms with Gasteiger partial charge in [0.25, 0.3) is 5.56 Å². The first-order valence-electron chi connectivity index (χ1n) is 11.4. The van der Waals surface area contributed by atoms with E-state index in [1.165, 1.54) is 36.0 Å². The lowest BCUT2D eigenvalue weighted by Gasteiger charge is -2.30. The molecule has 0 fully saturated rings. The van der Waals surface area contributed by atoms with E-state index in [9.17, 15) is 14.0 Å². The molecule has 7 heteroatoms. The smallest absolute Gasteiger partial charge is 0.262 e. The molecule has 0 unspecified atom stereocenters. The summed E-state index contributed by atoms with van der Waals surface area (Å²) in [5, 5.41) is 1.30. The van der Waals surface area contributed by atoms with Gasteiger partial charge in [-0.25, -0.2) is 9.37 Å². The summed E-state index contributed by atoms with van der Waals surface area (Å²) in [5.41, 5.74) is 1.18. The molecule has 0 atom stereocenters. The van der Waals surface area contributed by atoms with Gasteiger partial charge < -0.3 is 0 Å². The number of benzene rings is 2. The van der Waals surface area contributed by atoms with Gasteiger partial charge in [0.15, 0.2) is 10.9 Å². The van der Waals surface area contributed by atoms with Crippen molar-refractivity contribution < 1.29 is 9.18 Å². The van der Waals surface area contributed by atoms with Gasteiger partial charge in [0, 0.05) is 42.9 Å². The van der Waals surface area contributed by atoms with E-state index in [0.29, 0.717) is 58.8 Å². The molecule has 0 saturated heterocycles. The standard InChI is InChI=1S/C26H32FN3O2S/c1-18(2)29(19(3)4)15-16-30-25(32)22-8-5-6-9-23(22)28-26(30)33-17-7-10-24(31)20-11-13-21(27)14-12-20/h5-6,8-9,11-14,18-19H,7,10,15-17H2,1-4H3. The number of nitrogens with zero attached hydrogens (tertiary/aromatic N) is 3. The number of rotatable bonds is 11. The van der Waals surface area contributed by atoms with E-state index in [2.05, 4.69) is 32.6 Å². The zero-order valence-electron chi connectivity index (χ0n) is 19.8. The van der Waals surface area contributed by atoms with Crippen molar-refractivity contribution in [2.75, 3.05) is 12.3 Å². The quantitative estimate of drug-likeness (QED) is 0.163. The van der Waals surface area contributed by atoms with Gasteiger partial charge in [-0.2, -0.15) is 0 Å². The van der Waals surface area contributed by atoms with Crippen LogP contribution in [0.2, 0.25) is 0 Å². The molecule has 2 aromatic carbocycles. The number of carbonyl (C=O) groups is 1. The van der Waals surface area contributed by atoms with Crippen LogP contribution in [0.4, 0.5) is 4.39 Å². The second-order valence-corrected chi connectivity index (χ2v) is 9.74. The second kappa shape index (κ2) is 11.6. The van der Waals surface area contributed by atoms with Gasteiger partial charge in [-0.15, -0.1) is 0 Å². The van der Waals surface area contributed by atoms with Crippen LogP contribution >= 0.6 is 11.8 Å². The molecule has 0 aliphatic carbocycles. The van der Waals surface area contributed by atoms with Crippen molar-refractivity contribution in [3.8, 4) is 0 Å². The molecule has 0 aliphatic heterocycles. The number of para-hydroxylation sites is 1. The van der Waals surface area contributed by atoms with Crippen LogP contribution in [0.3, 0.4) is 0 Å². The van der Waals surface area contributed by atoms with Crippen LogP contribution in [0, 0.1) is 5.82 Å². The lowest BCUT2D eigenvalue weighted by atomic mass is 10.1. The number of fused-ring (bicyclic) bond motifs is 1. The molecule has 0 saturated carbocycles. The minimum absolute atomic E-state index is 0.0102. The molecular formula is C26H32FN3O2S. The Morgan fingerprint density at radius 1 is 1.06 bits per heavy atom. The van der Waals surface area contributed by atoms with Crippen molar-refractivity contribution in [1.82, 2.24) is 14.5 Å². The first-order valence-corrected chi connectivity index (χ1v) is 12.4. The summed E-state index contributed by atoms with van der Waals surface area (Å²) in [4.78, 5) is 32.7. The number of hydrogen-bond acceptors (Lipinski definition) is 5. The van der Waals surface area contributed by atoms with E-state index >= 15 is 0 Å². The lowest BCUT2D eigenvalue weighted by Crippen LogP contribution is -2.40. The molecule has 0 bridgehead atoms. The second-order valence-electron chi connectivity index (χ2n) is 8.68. The highest BCUT2D eigenvalue weighted by molar-refractivity contribution is 7.99. The molecule has 0 spiro atoms. The summed E-state index contributed by atoms with van der Waals surface area (Å²) in [6.07, 6.45) is 1.01. The number of Topliss-reactive ketones (excluding diaryl/α,β-unsaturated/α-hetero) is 1. The van der Waals surface area contributed by atoms with Crippen molar-refractivity contribution >= 4 is 28.4 Å². The molecule has 1 heterocycles. The highest BCUT2D eigenvalue weighted by Gasteiger charge is 2.17. The Balaban J connectivity index is 1.73. The zero-order chi connectivity index (χ0) is 24.0. The summed E-state index contributed by atoms with van der Waals surface area (Å²) in [7, 11) is 0. The predicted molar refractivity (Wildman–Crippen MR) is 134 cm³/mol. The van der Waals surface area contributed by atoms with E-state index in [1.54, 1.807) is 4.57 Å². The summed E-state index contributed by atoms with van der Waals surface area (Å²) < 4.78 is 14.8. The van der Waals surface area contributed by atoms with Gasteiger partial charge in [0.1, 0.15) is 5.82 Å². The molecular weight excluding hydrogens is 437 g/mol. The topological polar surface area (TPSA) is 55.2 Å². The average Bonchev–Trinajstić information content (AvgIpc) is 2.78. The van der Waals surface area contributed by atoms with Crippen molar-refractivity contribution in [2.24, 2.45) is 0 Å². The Morgan fingerprint density at radius 2 is 1.73 bits per heavy atom. The third-order valence-electron chi connectivity index (χ3n) is 5.68. The maximum Gasteiger partial charge on any atom is 0.262 e. The van der Waals surface area contributed by atoms with Gasteiger partial charge in [-0.05, 0) is 70.5 Å². The van der Waals surface area contributed by atoms with E-state index < -0.39 is 0 Å². The summed E-state index contributed by atoms with van der Waals surface area (Å²) in [6.45, 7) is 9.96. The number of halogens is 1. The summed E-state index contributed by atoms with van der Waals surface area (Å²) in [6, 6.07) is 13.8. The fourth-order valence-electron chi connectivity index (χ4n) is 3.96. The Bertz CT molecular complexity index is 1130. The zero-order valence-corrected chi connectivity index (χ0v) is 20.6. The summed E-state index contributed by atoms with van der Waals surface area (Å²) >= 11 is 1.51. The normalized spacial score (nSPS) is 11.8. The Labute approximate surface area is 199 Å². The Morgan fingerprint density at radius 3 is 2.39 bits per heavy atom. The van der Waals surface area contributed by atoms with Crippen LogP contribution in [-0.4, -0.2) is 44.6 Å². The Kier molecular flexibility index (Phi) is 8.80. The molecule has 33 heavy (non-hydrogen) atoms. The number of carbonyl (C=O) groups excluding carboxylic acids is 1. The van der Waals surface area contributed by atoms with Crippen molar-refractivity contribution in [3.05, 3.63) is 70.3 Å². The van der Waals surface area contributed by atoms with Crippen LogP contribution in [0.25, 0.3) is 10.9 Å². The molecule has 0 amide bonds. The highest BCUT2D eigenvalue weighted by atomic mass is 32.2. The van der Waals surface area contributed by atoms with Crippen LogP contribution in [0.5, 0.6) is 0 Å². The number of ketones is 1. The van der Waals surface area contributed by atoms with Gasteiger partial charge >= 0.3 is 0 Å². The minimum Gasteiger partial charge on any atom is -0.297 e. The molecule has 176 valence electrons. The maximum atomic E-state index is 13.3. The fourth-order valence-corrected chi connectivity index (χ4v) is 4.92. The predicted octanol–water partition coefficient (Wildman–Crippen LogP) is 5.41.